The van der Waals surface area contributed by atoms with Crippen LogP contribution in [-0.4, -0.2) is 26.6 Å². The second-order valence-electron chi connectivity index (χ2n) is 4.41. The Morgan fingerprint density at radius 3 is 2.86 bits per heavy atom. The van der Waals surface area contributed by atoms with E-state index >= 15 is 0 Å². The van der Waals surface area contributed by atoms with Crippen LogP contribution < -0.4 is 10.5 Å². The summed E-state index contributed by atoms with van der Waals surface area (Å²) in [4.78, 5) is 8.50. The minimum Gasteiger partial charge on any atom is -0.481 e. The third kappa shape index (κ3) is 2.70. The third-order valence-corrected chi connectivity index (χ3v) is 3.71. The molecule has 7 nitrogen and oxygen atoms in total. The van der Waals surface area contributed by atoms with E-state index in [9.17, 15) is 0 Å². The largest absolute Gasteiger partial charge is 0.481 e. The van der Waals surface area contributed by atoms with Crippen molar-refractivity contribution in [1.29, 1.82) is 0 Å². The first-order valence-electron chi connectivity index (χ1n) is 6.21. The first-order chi connectivity index (χ1) is 10.2. The summed E-state index contributed by atoms with van der Waals surface area (Å²) in [6.07, 6.45) is 2.25. The van der Waals surface area contributed by atoms with E-state index in [0.717, 1.165) is 11.3 Å². The summed E-state index contributed by atoms with van der Waals surface area (Å²) in [7, 11) is 1.58. The van der Waals surface area contributed by atoms with Crippen LogP contribution in [0.5, 0.6) is 5.88 Å². The first kappa shape index (κ1) is 13.5. The number of nitrogens with zero attached hydrogens (tertiary/aromatic N) is 4. The van der Waals surface area contributed by atoms with Gasteiger partial charge in [0.25, 0.3) is 5.89 Å². The molecule has 0 unspecified atom stereocenters. The fourth-order valence-corrected chi connectivity index (χ4v) is 2.55. The zero-order chi connectivity index (χ0) is 14.8. The van der Waals surface area contributed by atoms with Gasteiger partial charge in [-0.2, -0.15) is 9.36 Å². The molecule has 0 saturated carbocycles. The highest BCUT2D eigenvalue weighted by atomic mass is 32.1. The van der Waals surface area contributed by atoms with Crippen LogP contribution in [0.15, 0.2) is 22.9 Å². The van der Waals surface area contributed by atoms with Crippen molar-refractivity contribution >= 4 is 16.5 Å². The zero-order valence-electron chi connectivity index (χ0n) is 11.5. The molecule has 0 aliphatic heterocycles. The standard InChI is InChI=1S/C13H13N5O2S/c1-7-11(12(14)21-18-7)13-16-9(17-20-13)5-8-3-4-10(19-2)15-6-8/h3-4,6H,5,14H2,1-2H3. The van der Waals surface area contributed by atoms with Gasteiger partial charge >= 0.3 is 0 Å². The quantitative estimate of drug-likeness (QED) is 0.787. The second-order valence-corrected chi connectivity index (χ2v) is 5.21. The molecule has 3 aromatic heterocycles. The Balaban J connectivity index is 1.82. The predicted molar refractivity (Wildman–Crippen MR) is 78.2 cm³/mol. The number of hydrogen-bond donors (Lipinski definition) is 1. The molecule has 0 atom stereocenters. The van der Waals surface area contributed by atoms with E-state index in [1.807, 2.05) is 13.0 Å². The van der Waals surface area contributed by atoms with E-state index < -0.39 is 0 Å². The molecule has 3 rings (SSSR count). The van der Waals surface area contributed by atoms with Gasteiger partial charge in [-0.3, -0.25) is 0 Å². The van der Waals surface area contributed by atoms with Crippen molar-refractivity contribution in [2.75, 3.05) is 12.8 Å². The van der Waals surface area contributed by atoms with Crippen LogP contribution in [0.2, 0.25) is 0 Å². The van der Waals surface area contributed by atoms with E-state index in [4.69, 9.17) is 15.0 Å². The summed E-state index contributed by atoms with van der Waals surface area (Å²) >= 11 is 1.22. The molecule has 3 aromatic rings. The lowest BCUT2D eigenvalue weighted by atomic mass is 10.2. The van der Waals surface area contributed by atoms with Gasteiger partial charge in [0, 0.05) is 18.7 Å². The molecule has 0 bridgehead atoms. The summed E-state index contributed by atoms with van der Waals surface area (Å²) in [5.41, 5.74) is 8.35. The number of hydrogen-bond acceptors (Lipinski definition) is 8. The molecule has 2 N–H and O–H groups in total. The Bertz CT molecular complexity index is 731. The van der Waals surface area contributed by atoms with Gasteiger partial charge in [-0.15, -0.1) is 0 Å². The summed E-state index contributed by atoms with van der Waals surface area (Å²) in [5.74, 6) is 1.54. The van der Waals surface area contributed by atoms with E-state index in [1.54, 1.807) is 19.4 Å². The molecule has 8 heteroatoms. The van der Waals surface area contributed by atoms with Gasteiger partial charge in [0.15, 0.2) is 5.82 Å². The summed E-state index contributed by atoms with van der Waals surface area (Å²) < 4.78 is 14.5. The SMILES string of the molecule is COc1ccc(Cc2noc(-c3c(C)nsc3N)n2)cn1. The topological polar surface area (TPSA) is 100.0 Å². The predicted octanol–water partition coefficient (Wildman–Crippen LogP) is 2.08. The van der Waals surface area contributed by atoms with Crippen LogP contribution in [-0.2, 0) is 6.42 Å². The highest BCUT2D eigenvalue weighted by molar-refractivity contribution is 7.10. The van der Waals surface area contributed by atoms with Crippen molar-refractivity contribution < 1.29 is 9.26 Å². The lowest BCUT2D eigenvalue weighted by molar-refractivity contribution is 0.397. The second kappa shape index (κ2) is 5.49. The fourth-order valence-electron chi connectivity index (χ4n) is 1.89. The van der Waals surface area contributed by atoms with E-state index in [1.165, 1.54) is 11.5 Å². The number of pyridine rings is 1. The van der Waals surface area contributed by atoms with Gasteiger partial charge in [0.1, 0.15) is 5.00 Å². The molecule has 0 aliphatic rings. The number of aromatic nitrogens is 4. The first-order valence-corrected chi connectivity index (χ1v) is 6.98. The van der Waals surface area contributed by atoms with Crippen LogP contribution >= 0.6 is 11.5 Å². The van der Waals surface area contributed by atoms with Crippen molar-refractivity contribution in [1.82, 2.24) is 19.5 Å². The fraction of sp³-hybridized carbons (Fsp3) is 0.231. The van der Waals surface area contributed by atoms with Crippen LogP contribution in [0.3, 0.4) is 0 Å². The van der Waals surface area contributed by atoms with Crippen molar-refractivity contribution in [3.8, 4) is 17.3 Å². The Morgan fingerprint density at radius 1 is 1.38 bits per heavy atom. The number of methoxy groups -OCH3 is 1. The van der Waals surface area contributed by atoms with E-state index in [0.29, 0.717) is 34.6 Å². The molecule has 0 amide bonds. The Morgan fingerprint density at radius 2 is 2.24 bits per heavy atom. The van der Waals surface area contributed by atoms with Gasteiger partial charge < -0.3 is 15.0 Å². The summed E-state index contributed by atoms with van der Waals surface area (Å²) in [6.45, 7) is 1.86. The highest BCUT2D eigenvalue weighted by Gasteiger charge is 2.17. The van der Waals surface area contributed by atoms with E-state index in [-0.39, 0.29) is 0 Å². The summed E-state index contributed by atoms with van der Waals surface area (Å²) in [6, 6.07) is 3.70. The lowest BCUT2D eigenvalue weighted by Crippen LogP contribution is -1.94. The van der Waals surface area contributed by atoms with Crippen molar-refractivity contribution in [3.63, 3.8) is 0 Å². The van der Waals surface area contributed by atoms with Gasteiger partial charge in [0.2, 0.25) is 5.88 Å². The maximum absolute atomic E-state index is 5.87. The number of rotatable bonds is 4. The highest BCUT2D eigenvalue weighted by Crippen LogP contribution is 2.31. The lowest BCUT2D eigenvalue weighted by Gasteiger charge is -1.99. The summed E-state index contributed by atoms with van der Waals surface area (Å²) in [5, 5.41) is 4.55. The minimum absolute atomic E-state index is 0.398. The Labute approximate surface area is 124 Å². The number of nitrogen functional groups attached to an aromatic ring is 1. The molecular formula is C13H13N5O2S. The maximum Gasteiger partial charge on any atom is 0.262 e. The minimum atomic E-state index is 0.398. The molecule has 21 heavy (non-hydrogen) atoms. The molecular weight excluding hydrogens is 290 g/mol. The number of anilines is 1. The van der Waals surface area contributed by atoms with Gasteiger partial charge in [-0.1, -0.05) is 11.2 Å². The molecule has 0 saturated heterocycles. The molecule has 0 aliphatic carbocycles. The van der Waals surface area contributed by atoms with Crippen molar-refractivity contribution in [3.05, 3.63) is 35.4 Å². The molecule has 0 radical (unpaired) electrons. The maximum atomic E-state index is 5.87. The monoisotopic (exact) mass is 303 g/mol. The normalized spacial score (nSPS) is 10.8. The van der Waals surface area contributed by atoms with Gasteiger partial charge in [-0.25, -0.2) is 4.98 Å². The molecule has 0 fully saturated rings. The molecule has 0 spiro atoms. The molecule has 108 valence electrons. The average Bonchev–Trinajstić information content (AvgIpc) is 3.06. The smallest absolute Gasteiger partial charge is 0.262 e. The van der Waals surface area contributed by atoms with Gasteiger partial charge in [0.05, 0.1) is 18.4 Å². The third-order valence-electron chi connectivity index (χ3n) is 2.94. The van der Waals surface area contributed by atoms with Crippen LogP contribution in [0.4, 0.5) is 5.00 Å². The molecule has 3 heterocycles. The van der Waals surface area contributed by atoms with Crippen molar-refractivity contribution in [2.24, 2.45) is 0 Å². The van der Waals surface area contributed by atoms with Crippen LogP contribution in [0.1, 0.15) is 17.1 Å². The number of aryl methyl sites for hydroxylation is 1. The zero-order valence-corrected chi connectivity index (χ0v) is 12.3. The number of nitrogens with two attached hydrogens (primary N) is 1. The van der Waals surface area contributed by atoms with E-state index in [2.05, 4.69) is 19.5 Å². The Hall–Kier alpha value is -2.48. The van der Waals surface area contributed by atoms with Crippen LogP contribution in [0.25, 0.3) is 11.5 Å². The van der Waals surface area contributed by atoms with Crippen molar-refractivity contribution in [2.45, 2.75) is 13.3 Å². The molecule has 0 aromatic carbocycles. The Kier molecular flexibility index (Phi) is 3.53. The average molecular weight is 303 g/mol. The van der Waals surface area contributed by atoms with Crippen LogP contribution in [0, 0.1) is 6.92 Å². The number of ether oxygens (including phenoxy) is 1. The van der Waals surface area contributed by atoms with Gasteiger partial charge in [-0.05, 0) is 24.0 Å².